The number of nitrogens with zero attached hydrogens (tertiary/aromatic N) is 3. The fourth-order valence-electron chi connectivity index (χ4n) is 7.37. The molecule has 0 radical (unpaired) electrons. The van der Waals surface area contributed by atoms with Crippen molar-refractivity contribution in [3.05, 3.63) is 48.2 Å². The highest BCUT2D eigenvalue weighted by Gasteiger charge is 2.47. The van der Waals surface area contributed by atoms with Gasteiger partial charge >= 0.3 is 26.2 Å². The predicted molar refractivity (Wildman–Crippen MR) is 256 cm³/mol. The molecule has 1 aromatic rings. The van der Waals surface area contributed by atoms with Crippen molar-refractivity contribution in [1.29, 1.82) is 0 Å². The molecule has 1 unspecified atom stereocenters. The molecule has 2 rings (SSSR count). The molecule has 1 aromatic carbocycles. The molecule has 1 aliphatic rings. The molecule has 0 aliphatic carbocycles. The maximum atomic E-state index is 15.1. The van der Waals surface area contributed by atoms with Gasteiger partial charge in [0.05, 0.1) is 6.10 Å². The molecular weight excluding hydrogens is 966 g/mol. The van der Waals surface area contributed by atoms with E-state index in [1.165, 1.54) is 69.7 Å². The molecule has 1 heterocycles. The van der Waals surface area contributed by atoms with Crippen LogP contribution >= 0.6 is 8.25 Å². The van der Waals surface area contributed by atoms with E-state index in [0.29, 0.717) is 5.56 Å². The molecule has 0 spiro atoms. The first kappa shape index (κ1) is 61.8. The molecule has 0 saturated carbocycles. The summed E-state index contributed by atoms with van der Waals surface area (Å²) in [4.78, 5) is 152. The molecule has 12 atom stereocenters. The highest BCUT2D eigenvalue weighted by atomic mass is 31.1. The number of cyclic esters (lactones) is 2. The third-order valence-corrected chi connectivity index (χ3v) is 12.4. The Hall–Kier alpha value is -6.36. The molecule has 72 heavy (non-hydrogen) atoms. The van der Waals surface area contributed by atoms with E-state index >= 15 is 4.79 Å². The van der Waals surface area contributed by atoms with Crippen molar-refractivity contribution < 1.29 is 80.9 Å². The van der Waals surface area contributed by atoms with Gasteiger partial charge in [-0.3, -0.25) is 33.6 Å². The summed E-state index contributed by atoms with van der Waals surface area (Å²) in [5.74, 6) is -11.8. The van der Waals surface area contributed by atoms with Crippen LogP contribution in [0.2, 0.25) is 0 Å². The molecule has 5 N–H and O–H groups in total. The SMILES string of the molecule is C=C1C(=O)N[C@@H](C)C(=O)N(C)[C@@H](C)C(=O)N[C@@H]([C@H](OC(=O)[C@@H](NC(=O)CC)[C@@H](C)O[P+](=O)O)C(C)C)C(=O)N(C)[C@@H]([C@@H](C)OC)C(=O)O[C@H](C(C)C)[C@H](NC(C)=O)C(=O)O[C@H](Cc2ccccc2)C(=O)N1C. The zero-order chi connectivity index (χ0) is 55.1. The number of hydrogen-bond donors (Lipinski definition) is 5. The van der Waals surface area contributed by atoms with Crippen LogP contribution in [0.3, 0.4) is 0 Å². The van der Waals surface area contributed by atoms with E-state index in [2.05, 4.69) is 27.8 Å². The van der Waals surface area contributed by atoms with Gasteiger partial charge in [0, 0.05) is 52.6 Å². The minimum Gasteiger partial charge on any atom is -0.458 e. The molecule has 400 valence electrons. The quantitative estimate of drug-likeness (QED) is 0.0688. The van der Waals surface area contributed by atoms with E-state index in [1.807, 2.05) is 0 Å². The summed E-state index contributed by atoms with van der Waals surface area (Å²) in [6, 6.07) is -1.67. The number of carbonyl (C=O) groups excluding carboxylic acids is 10. The molecular formula is C47H71N7O17P+. The lowest BCUT2D eigenvalue weighted by molar-refractivity contribution is -0.176. The molecule has 0 bridgehead atoms. The van der Waals surface area contributed by atoms with Crippen molar-refractivity contribution in [2.45, 2.75) is 149 Å². The summed E-state index contributed by atoms with van der Waals surface area (Å²) in [5, 5.41) is 9.79. The number of amides is 7. The first-order valence-electron chi connectivity index (χ1n) is 23.2. The zero-order valence-electron chi connectivity index (χ0n) is 43.3. The summed E-state index contributed by atoms with van der Waals surface area (Å²) in [5.41, 5.74) is 0.0256. The van der Waals surface area contributed by atoms with Gasteiger partial charge in [-0.15, -0.1) is 9.42 Å². The Morgan fingerprint density at radius 1 is 0.875 bits per heavy atom. The van der Waals surface area contributed by atoms with Crippen LogP contribution < -0.4 is 21.3 Å². The fourth-order valence-corrected chi connectivity index (χ4v) is 7.78. The second-order valence-corrected chi connectivity index (χ2v) is 18.7. The molecule has 24 nitrogen and oxygen atoms in total. The standard InChI is InChI=1S/C47H70N7O17P/c1-16-33(56)50-34(28(9)71-72(65)66)45(62)69-38(23(2)3)35-44(61)54(14)37(29(10)67-15)47(64)70-39(24(4)5)36(49-30(11)55)46(63)68-32(22-31-20-18-17-19-21-31)43(60)53(13)26(7)40(57)48-25(6)42(59)52(12)27(8)41(58)51-35/h17-21,23-25,27-29,32,34-39H,7,16,22H2,1-6,8-15H3,(H4-,48,49,50,51,55,56,57,58,65,66)/p+1/t25-,27-,28+,29+,32+,34-,35-,36-,37-,38+,39+/m0/s1. The number of hydrogen-bond acceptors (Lipinski definition) is 16. The van der Waals surface area contributed by atoms with Crippen LogP contribution in [0.4, 0.5) is 0 Å². The largest absolute Gasteiger partial charge is 0.695 e. The van der Waals surface area contributed by atoms with Gasteiger partial charge in [-0.1, -0.05) is 71.5 Å². The summed E-state index contributed by atoms with van der Waals surface area (Å²) in [7, 11) is 1.48. The van der Waals surface area contributed by atoms with Crippen LogP contribution in [0, 0.1) is 11.8 Å². The average molecular weight is 1040 g/mol. The molecule has 1 fully saturated rings. The van der Waals surface area contributed by atoms with Crippen molar-refractivity contribution in [2.24, 2.45) is 11.8 Å². The van der Waals surface area contributed by atoms with Gasteiger partial charge in [0.25, 0.3) is 11.8 Å². The van der Waals surface area contributed by atoms with Crippen molar-refractivity contribution >= 4 is 67.5 Å². The van der Waals surface area contributed by atoms with Crippen molar-refractivity contribution in [1.82, 2.24) is 36.0 Å². The van der Waals surface area contributed by atoms with Crippen LogP contribution in [0.25, 0.3) is 0 Å². The van der Waals surface area contributed by atoms with E-state index in [1.54, 1.807) is 44.2 Å². The van der Waals surface area contributed by atoms with Crippen molar-refractivity contribution in [2.75, 3.05) is 28.3 Å². The molecule has 25 heteroatoms. The van der Waals surface area contributed by atoms with Gasteiger partial charge < -0.3 is 54.9 Å². The molecule has 7 amide bonds. The lowest BCUT2D eigenvalue weighted by atomic mass is 9.96. The zero-order valence-corrected chi connectivity index (χ0v) is 44.2. The number of likely N-dealkylation sites (N-methyl/N-ethyl adjacent to an activating group) is 3. The molecule has 0 aromatic heterocycles. The minimum atomic E-state index is -3.30. The van der Waals surface area contributed by atoms with Gasteiger partial charge in [0.1, 0.15) is 42.1 Å². The predicted octanol–water partition coefficient (Wildman–Crippen LogP) is 0.415. The first-order valence-corrected chi connectivity index (χ1v) is 24.3. The van der Waals surface area contributed by atoms with E-state index in [4.69, 9.17) is 23.5 Å². The Balaban J connectivity index is 2.98. The maximum Gasteiger partial charge on any atom is 0.695 e. The summed E-state index contributed by atoms with van der Waals surface area (Å²) in [6.07, 6.45) is -8.01. The monoisotopic (exact) mass is 1040 g/mol. The summed E-state index contributed by atoms with van der Waals surface area (Å²) in [6.45, 7) is 17.6. The minimum absolute atomic E-state index is 0.135. The highest BCUT2D eigenvalue weighted by molar-refractivity contribution is 7.32. The normalized spacial score (nSPS) is 24.7. The number of methoxy groups -OCH3 is 1. The number of benzene rings is 1. The van der Waals surface area contributed by atoms with E-state index < -0.39 is 152 Å². The smallest absolute Gasteiger partial charge is 0.458 e. The van der Waals surface area contributed by atoms with Gasteiger partial charge in [-0.05, 0) is 45.1 Å². The maximum absolute atomic E-state index is 15.1. The number of esters is 3. The Morgan fingerprint density at radius 2 is 1.47 bits per heavy atom. The van der Waals surface area contributed by atoms with E-state index in [0.717, 1.165) is 28.7 Å². The summed E-state index contributed by atoms with van der Waals surface area (Å²) < 4.78 is 39.9. The van der Waals surface area contributed by atoms with Crippen LogP contribution in [-0.2, 0) is 82.4 Å². The second kappa shape index (κ2) is 28.0. The lowest BCUT2D eigenvalue weighted by Crippen LogP contribution is -2.64. The number of rotatable bonds is 15. The van der Waals surface area contributed by atoms with Gasteiger partial charge in [0.2, 0.25) is 29.5 Å². The van der Waals surface area contributed by atoms with Gasteiger partial charge in [-0.2, -0.15) is 0 Å². The average Bonchev–Trinajstić information content (AvgIpc) is 3.32. The second-order valence-electron chi connectivity index (χ2n) is 18.0. The Labute approximate surface area is 420 Å². The fraction of sp³-hybridized carbons (Fsp3) is 0.617. The van der Waals surface area contributed by atoms with Crippen LogP contribution in [-0.4, -0.2) is 174 Å². The number of nitrogens with one attached hydrogen (secondary N) is 4. The van der Waals surface area contributed by atoms with E-state index in [9.17, 15) is 52.6 Å². The first-order chi connectivity index (χ1) is 33.5. The third kappa shape index (κ3) is 16.9. The Kier molecular flexibility index (Phi) is 24.0. The molecule has 1 saturated heterocycles. The van der Waals surface area contributed by atoms with Crippen molar-refractivity contribution in [3.63, 3.8) is 0 Å². The van der Waals surface area contributed by atoms with Crippen LogP contribution in [0.5, 0.6) is 0 Å². The molecule has 1 aliphatic heterocycles. The number of carbonyl (C=O) groups is 10. The van der Waals surface area contributed by atoms with E-state index in [-0.39, 0.29) is 12.8 Å². The van der Waals surface area contributed by atoms with Gasteiger partial charge in [-0.25, -0.2) is 14.4 Å². The van der Waals surface area contributed by atoms with Crippen LogP contribution in [0.15, 0.2) is 42.6 Å². The van der Waals surface area contributed by atoms with Gasteiger partial charge in [0.15, 0.2) is 24.2 Å². The number of ether oxygens (including phenoxy) is 4. The Morgan fingerprint density at radius 3 is 1.99 bits per heavy atom. The topological polar surface area (TPSA) is 312 Å². The third-order valence-electron chi connectivity index (χ3n) is 11.9. The summed E-state index contributed by atoms with van der Waals surface area (Å²) >= 11 is 0. The van der Waals surface area contributed by atoms with Crippen LogP contribution in [0.1, 0.15) is 81.2 Å². The highest BCUT2D eigenvalue weighted by Crippen LogP contribution is 2.25. The van der Waals surface area contributed by atoms with Crippen molar-refractivity contribution in [3.8, 4) is 0 Å². The Bertz CT molecular complexity index is 2180. The lowest BCUT2D eigenvalue weighted by Gasteiger charge is -2.38.